The number of nitrogens with one attached hydrogen (secondary N) is 3. The summed E-state index contributed by atoms with van der Waals surface area (Å²) in [5, 5.41) is 4.22. The van der Waals surface area contributed by atoms with Crippen LogP contribution in [0.1, 0.15) is 25.1 Å². The van der Waals surface area contributed by atoms with Gasteiger partial charge in [0.2, 0.25) is 11.8 Å². The number of likely N-dealkylation sites (tertiary alicyclic amines) is 1. The zero-order chi connectivity index (χ0) is 24.5. The lowest BCUT2D eigenvalue weighted by Crippen LogP contribution is -2.43. The quantitative estimate of drug-likeness (QED) is 0.311. The number of benzene rings is 3. The van der Waals surface area contributed by atoms with Crippen LogP contribution in [0, 0.1) is 0 Å². The molecule has 1 fully saturated rings. The number of aryl methyl sites for hydroxylation is 1. The van der Waals surface area contributed by atoms with Crippen molar-refractivity contribution in [3.8, 4) is 11.3 Å². The smallest absolute Gasteiger partial charge is 0.247 e. The minimum Gasteiger partial charge on any atom is -0.354 e. The molecule has 1 atom stereocenters. The molecule has 3 N–H and O–H groups in total. The third kappa shape index (κ3) is 4.24. The van der Waals surface area contributed by atoms with Crippen LogP contribution in [0.15, 0.2) is 78.9 Å². The summed E-state index contributed by atoms with van der Waals surface area (Å²) >= 11 is 0. The first-order valence-corrected chi connectivity index (χ1v) is 12.4. The largest absolute Gasteiger partial charge is 0.354 e. The maximum atomic E-state index is 13.3. The SMILES string of the molecule is O=C(Nc1ccccc1-c1cc2ccccc2[nH]1)[C@@H]1CCCN1C(=O)CCc1nc2ccccc2[nH]1. The summed E-state index contributed by atoms with van der Waals surface area (Å²) < 4.78 is 0. The normalized spacial score (nSPS) is 15.6. The number of aromatic amines is 2. The topological polar surface area (TPSA) is 93.9 Å². The van der Waals surface area contributed by atoms with Gasteiger partial charge in [0.05, 0.1) is 16.7 Å². The second-order valence-corrected chi connectivity index (χ2v) is 9.25. The van der Waals surface area contributed by atoms with Gasteiger partial charge in [-0.1, -0.05) is 48.5 Å². The van der Waals surface area contributed by atoms with Crippen LogP contribution in [-0.2, 0) is 16.0 Å². The Bertz CT molecular complexity index is 1500. The van der Waals surface area contributed by atoms with Crippen LogP contribution < -0.4 is 5.32 Å². The molecule has 6 rings (SSSR count). The number of fused-ring (bicyclic) bond motifs is 2. The van der Waals surface area contributed by atoms with Gasteiger partial charge < -0.3 is 20.2 Å². The molecule has 1 saturated heterocycles. The summed E-state index contributed by atoms with van der Waals surface area (Å²) in [6.45, 7) is 0.598. The van der Waals surface area contributed by atoms with Gasteiger partial charge in [0.15, 0.2) is 0 Å². The zero-order valence-electron chi connectivity index (χ0n) is 19.8. The first-order chi connectivity index (χ1) is 17.7. The molecule has 7 heteroatoms. The highest BCUT2D eigenvalue weighted by Crippen LogP contribution is 2.31. The fourth-order valence-corrected chi connectivity index (χ4v) is 5.09. The minimum atomic E-state index is -0.469. The van der Waals surface area contributed by atoms with E-state index in [1.54, 1.807) is 4.90 Å². The summed E-state index contributed by atoms with van der Waals surface area (Å²) in [5.41, 5.74) is 5.50. The van der Waals surface area contributed by atoms with Crippen LogP contribution in [0.2, 0.25) is 0 Å². The molecule has 0 aliphatic carbocycles. The van der Waals surface area contributed by atoms with E-state index in [4.69, 9.17) is 0 Å². The highest BCUT2D eigenvalue weighted by Gasteiger charge is 2.34. The molecule has 7 nitrogen and oxygen atoms in total. The van der Waals surface area contributed by atoms with Crippen molar-refractivity contribution in [1.29, 1.82) is 0 Å². The van der Waals surface area contributed by atoms with Gasteiger partial charge in [-0.3, -0.25) is 9.59 Å². The lowest BCUT2D eigenvalue weighted by molar-refractivity contribution is -0.136. The van der Waals surface area contributed by atoms with Gasteiger partial charge in [-0.05, 0) is 43.2 Å². The highest BCUT2D eigenvalue weighted by molar-refractivity contribution is 6.01. The minimum absolute atomic E-state index is 0.0167. The number of hydrogen-bond donors (Lipinski definition) is 3. The van der Waals surface area contributed by atoms with E-state index < -0.39 is 6.04 Å². The van der Waals surface area contributed by atoms with Gasteiger partial charge in [-0.15, -0.1) is 0 Å². The number of para-hydroxylation sites is 4. The molecule has 0 saturated carbocycles. The molecule has 0 unspecified atom stereocenters. The van der Waals surface area contributed by atoms with E-state index >= 15 is 0 Å². The maximum Gasteiger partial charge on any atom is 0.247 e. The second kappa shape index (κ2) is 9.34. The second-order valence-electron chi connectivity index (χ2n) is 9.25. The van der Waals surface area contributed by atoms with Crippen molar-refractivity contribution in [2.24, 2.45) is 0 Å². The Morgan fingerprint density at radius 1 is 0.944 bits per heavy atom. The average Bonchev–Trinajstić information content (AvgIpc) is 3.65. The fraction of sp³-hybridized carbons (Fsp3) is 0.207. The monoisotopic (exact) mass is 477 g/mol. The Hall–Kier alpha value is -4.39. The van der Waals surface area contributed by atoms with Gasteiger partial charge >= 0.3 is 0 Å². The number of imidazole rings is 1. The number of carbonyl (C=O) groups is 2. The third-order valence-corrected chi connectivity index (χ3v) is 6.89. The molecule has 0 radical (unpaired) electrons. The van der Waals surface area contributed by atoms with E-state index in [9.17, 15) is 9.59 Å². The number of aromatic nitrogens is 3. The predicted molar refractivity (Wildman–Crippen MR) is 142 cm³/mol. The first kappa shape index (κ1) is 22.1. The summed E-state index contributed by atoms with van der Waals surface area (Å²) in [7, 11) is 0. The predicted octanol–water partition coefficient (Wildman–Crippen LogP) is 5.27. The van der Waals surface area contributed by atoms with Crippen LogP contribution in [0.4, 0.5) is 5.69 Å². The zero-order valence-corrected chi connectivity index (χ0v) is 19.8. The van der Waals surface area contributed by atoms with E-state index in [2.05, 4.69) is 32.4 Å². The molecular formula is C29H27N5O2. The first-order valence-electron chi connectivity index (χ1n) is 12.4. The number of hydrogen-bond acceptors (Lipinski definition) is 3. The standard InChI is InChI=1S/C29H27N5O2/c35-28(16-15-27-31-23-12-5-6-13-24(23)32-27)34-17-7-14-26(34)29(36)33-22-11-4-2-9-20(22)25-18-19-8-1-3-10-21(19)30-25/h1-6,8-13,18,26,30H,7,14-17H2,(H,31,32)(H,33,36)/t26-/m0/s1. The summed E-state index contributed by atoms with van der Waals surface area (Å²) in [6, 6.07) is 25.3. The third-order valence-electron chi connectivity index (χ3n) is 6.89. The average molecular weight is 478 g/mol. The number of carbonyl (C=O) groups excluding carboxylic acids is 2. The van der Waals surface area contributed by atoms with Crippen LogP contribution in [0.5, 0.6) is 0 Å². The van der Waals surface area contributed by atoms with Crippen molar-refractivity contribution in [2.75, 3.05) is 11.9 Å². The lowest BCUT2D eigenvalue weighted by Gasteiger charge is -2.24. The Morgan fingerprint density at radius 2 is 1.72 bits per heavy atom. The van der Waals surface area contributed by atoms with Crippen molar-refractivity contribution < 1.29 is 9.59 Å². The molecule has 36 heavy (non-hydrogen) atoms. The number of H-pyrrole nitrogens is 2. The molecule has 5 aromatic rings. The fourth-order valence-electron chi connectivity index (χ4n) is 5.09. The Labute approximate surface area is 208 Å². The van der Waals surface area contributed by atoms with Crippen molar-refractivity contribution in [3.63, 3.8) is 0 Å². The van der Waals surface area contributed by atoms with Gasteiger partial charge in [0.1, 0.15) is 11.9 Å². The van der Waals surface area contributed by atoms with Gasteiger partial charge in [0.25, 0.3) is 0 Å². The van der Waals surface area contributed by atoms with Crippen molar-refractivity contribution in [1.82, 2.24) is 19.9 Å². The molecule has 1 aliphatic rings. The molecule has 3 heterocycles. The molecular weight excluding hydrogens is 450 g/mol. The molecule has 180 valence electrons. The van der Waals surface area contributed by atoms with Crippen molar-refractivity contribution in [2.45, 2.75) is 31.7 Å². The molecule has 3 aromatic carbocycles. The number of rotatable bonds is 6. The Kier molecular flexibility index (Phi) is 5.73. The summed E-state index contributed by atoms with van der Waals surface area (Å²) in [5.74, 6) is 0.627. The number of nitrogens with zero attached hydrogens (tertiary/aromatic N) is 2. The summed E-state index contributed by atoms with van der Waals surface area (Å²) in [4.78, 5) is 39.4. The van der Waals surface area contributed by atoms with Crippen LogP contribution in [0.25, 0.3) is 33.2 Å². The number of amides is 2. The van der Waals surface area contributed by atoms with E-state index in [0.29, 0.717) is 25.8 Å². The van der Waals surface area contributed by atoms with E-state index in [1.165, 1.54) is 0 Å². The molecule has 0 bridgehead atoms. The van der Waals surface area contributed by atoms with Crippen molar-refractivity contribution in [3.05, 3.63) is 84.7 Å². The molecule has 0 spiro atoms. The van der Waals surface area contributed by atoms with Crippen LogP contribution in [-0.4, -0.2) is 44.3 Å². The van der Waals surface area contributed by atoms with Gasteiger partial charge in [-0.2, -0.15) is 0 Å². The van der Waals surface area contributed by atoms with Crippen molar-refractivity contribution >= 4 is 39.4 Å². The van der Waals surface area contributed by atoms with Gasteiger partial charge in [-0.25, -0.2) is 4.98 Å². The lowest BCUT2D eigenvalue weighted by atomic mass is 10.1. The van der Waals surface area contributed by atoms with E-state index in [0.717, 1.165) is 51.1 Å². The Morgan fingerprint density at radius 3 is 2.58 bits per heavy atom. The summed E-state index contributed by atoms with van der Waals surface area (Å²) in [6.07, 6.45) is 2.31. The van der Waals surface area contributed by atoms with E-state index in [-0.39, 0.29) is 11.8 Å². The van der Waals surface area contributed by atoms with Crippen LogP contribution in [0.3, 0.4) is 0 Å². The Balaban J connectivity index is 1.15. The molecule has 2 aromatic heterocycles. The maximum absolute atomic E-state index is 13.3. The number of anilines is 1. The van der Waals surface area contributed by atoms with Crippen LogP contribution >= 0.6 is 0 Å². The highest BCUT2D eigenvalue weighted by atomic mass is 16.2. The van der Waals surface area contributed by atoms with E-state index in [1.807, 2.05) is 66.7 Å². The molecule has 1 aliphatic heterocycles. The van der Waals surface area contributed by atoms with Gasteiger partial charge in [0, 0.05) is 41.5 Å². The molecule has 2 amide bonds.